The van der Waals surface area contributed by atoms with E-state index in [0.29, 0.717) is 6.54 Å². The minimum atomic E-state index is -3.67. The number of unbranched alkanes of at least 4 members (excludes halogenated alkanes) is 1. The van der Waals surface area contributed by atoms with E-state index < -0.39 is 10.0 Å². The normalized spacial score (nSPS) is 12.5. The average molecular weight is 417 g/mol. The van der Waals surface area contributed by atoms with E-state index in [1.807, 2.05) is 6.92 Å². The zero-order valence-corrected chi connectivity index (χ0v) is 18.5. The lowest BCUT2D eigenvalue weighted by Gasteiger charge is -2.23. The maximum absolute atomic E-state index is 13.5. The Morgan fingerprint density at radius 1 is 1.21 bits per heavy atom. The Morgan fingerprint density at radius 2 is 1.93 bits per heavy atom. The second-order valence-electron chi connectivity index (χ2n) is 6.80. The van der Waals surface area contributed by atoms with Crippen LogP contribution < -0.4 is 4.90 Å². The van der Waals surface area contributed by atoms with Crippen molar-refractivity contribution in [1.82, 2.24) is 14.5 Å². The first-order valence-electron chi connectivity index (χ1n) is 10.1. The molecule has 0 aliphatic heterocycles. The molecule has 1 aromatic carbocycles. The van der Waals surface area contributed by atoms with Crippen molar-refractivity contribution in [2.75, 3.05) is 31.1 Å². The Balaban J connectivity index is 2.50. The fraction of sp³-hybridized carbons (Fsp3) is 0.409. The van der Waals surface area contributed by atoms with Gasteiger partial charge in [0.05, 0.1) is 10.4 Å². The van der Waals surface area contributed by atoms with Crippen molar-refractivity contribution in [1.29, 1.82) is 0 Å². The number of rotatable bonds is 12. The number of anilines is 1. The van der Waals surface area contributed by atoms with Gasteiger partial charge in [-0.15, -0.1) is 0 Å². The molecular formula is C22H32N4O2S. The third kappa shape index (κ3) is 5.16. The topological polar surface area (TPSA) is 69.3 Å². The number of sulfonamides is 1. The quantitative estimate of drug-likeness (QED) is 0.517. The van der Waals surface area contributed by atoms with Crippen LogP contribution in [0, 0.1) is 0 Å². The van der Waals surface area contributed by atoms with Crippen LogP contribution in [0.15, 0.2) is 60.1 Å². The van der Waals surface area contributed by atoms with Gasteiger partial charge in [-0.1, -0.05) is 44.7 Å². The molecule has 0 amide bonds. The Hall–Kier alpha value is -2.38. The highest BCUT2D eigenvalue weighted by atomic mass is 32.2. The summed E-state index contributed by atoms with van der Waals surface area (Å²) >= 11 is 0. The molecule has 1 N–H and O–H groups in total. The predicted octanol–water partition coefficient (Wildman–Crippen LogP) is 4.50. The van der Waals surface area contributed by atoms with Gasteiger partial charge in [-0.25, -0.2) is 8.42 Å². The van der Waals surface area contributed by atoms with Gasteiger partial charge >= 0.3 is 0 Å². The number of benzene rings is 1. The smallest absolute Gasteiger partial charge is 0.243 e. The molecule has 0 unspecified atom stereocenters. The molecule has 0 atom stereocenters. The first-order valence-corrected chi connectivity index (χ1v) is 11.5. The molecule has 7 heteroatoms. The highest BCUT2D eigenvalue weighted by Crippen LogP contribution is 2.28. The van der Waals surface area contributed by atoms with Crippen molar-refractivity contribution in [2.45, 2.75) is 38.5 Å². The molecule has 0 radical (unpaired) electrons. The molecule has 1 aromatic heterocycles. The maximum Gasteiger partial charge on any atom is 0.243 e. The van der Waals surface area contributed by atoms with Gasteiger partial charge in [-0.2, -0.15) is 9.40 Å². The second-order valence-corrected chi connectivity index (χ2v) is 8.74. The maximum atomic E-state index is 13.5. The number of allylic oxidation sites excluding steroid dienone is 2. The monoisotopic (exact) mass is 416 g/mol. The lowest BCUT2D eigenvalue weighted by molar-refractivity contribution is 0.428. The summed E-state index contributed by atoms with van der Waals surface area (Å²) in [5, 5.41) is 8.22. The van der Waals surface area contributed by atoms with Gasteiger partial charge in [0.25, 0.3) is 0 Å². The molecule has 0 spiro atoms. The van der Waals surface area contributed by atoms with E-state index in [9.17, 15) is 8.42 Å². The molecular weight excluding hydrogens is 384 g/mol. The molecule has 0 bridgehead atoms. The fourth-order valence-corrected chi connectivity index (χ4v) is 4.71. The van der Waals surface area contributed by atoms with Gasteiger partial charge in [0.2, 0.25) is 10.0 Å². The summed E-state index contributed by atoms with van der Waals surface area (Å²) in [5.41, 5.74) is 1.64. The minimum Gasteiger partial charge on any atom is -0.355 e. The van der Waals surface area contributed by atoms with Crippen molar-refractivity contribution in [3.05, 3.63) is 55.2 Å². The van der Waals surface area contributed by atoms with E-state index in [-0.39, 0.29) is 11.4 Å². The van der Waals surface area contributed by atoms with Crippen molar-refractivity contribution in [3.63, 3.8) is 0 Å². The van der Waals surface area contributed by atoms with E-state index in [4.69, 9.17) is 0 Å². The zero-order valence-electron chi connectivity index (χ0n) is 17.7. The van der Waals surface area contributed by atoms with E-state index in [1.54, 1.807) is 36.4 Å². The SMILES string of the molecule is C=C/C=C(\C=C)CN(CCCC)S(=O)(=O)c1ccc2[nH]nc(N(CC)CC)c2c1. The average Bonchev–Trinajstić information content (AvgIpc) is 3.14. The van der Waals surface area contributed by atoms with Gasteiger partial charge in [0, 0.05) is 31.6 Å². The Bertz CT molecular complexity index is 972. The summed E-state index contributed by atoms with van der Waals surface area (Å²) in [7, 11) is -3.67. The number of nitrogens with zero attached hydrogens (tertiary/aromatic N) is 3. The van der Waals surface area contributed by atoms with Crippen LogP contribution in [0.2, 0.25) is 0 Å². The molecule has 29 heavy (non-hydrogen) atoms. The van der Waals surface area contributed by atoms with Gasteiger partial charge in [0.1, 0.15) is 0 Å². The zero-order chi connectivity index (χ0) is 21.4. The Kier molecular flexibility index (Phi) is 8.22. The largest absolute Gasteiger partial charge is 0.355 e. The number of nitrogens with one attached hydrogen (secondary N) is 1. The van der Waals surface area contributed by atoms with E-state index >= 15 is 0 Å². The number of hydrogen-bond acceptors (Lipinski definition) is 4. The molecule has 1 heterocycles. The first-order chi connectivity index (χ1) is 13.9. The summed E-state index contributed by atoms with van der Waals surface area (Å²) in [6, 6.07) is 5.16. The third-order valence-corrected chi connectivity index (χ3v) is 6.77. The second kappa shape index (κ2) is 10.4. The highest BCUT2D eigenvalue weighted by molar-refractivity contribution is 7.89. The number of hydrogen-bond donors (Lipinski definition) is 1. The van der Waals surface area contributed by atoms with Crippen LogP contribution in [0.1, 0.15) is 33.6 Å². The van der Waals surface area contributed by atoms with Gasteiger partial charge in [-0.05, 0) is 44.0 Å². The number of fused-ring (bicyclic) bond motifs is 1. The molecule has 2 aromatic rings. The highest BCUT2D eigenvalue weighted by Gasteiger charge is 2.25. The third-order valence-electron chi connectivity index (χ3n) is 4.93. The lowest BCUT2D eigenvalue weighted by atomic mass is 10.2. The minimum absolute atomic E-state index is 0.268. The summed E-state index contributed by atoms with van der Waals surface area (Å²) < 4.78 is 28.5. The lowest BCUT2D eigenvalue weighted by Crippen LogP contribution is -2.33. The number of H-pyrrole nitrogens is 1. The van der Waals surface area contributed by atoms with Gasteiger partial charge < -0.3 is 4.90 Å². The first kappa shape index (κ1) is 22.9. The van der Waals surface area contributed by atoms with Crippen molar-refractivity contribution in [2.24, 2.45) is 0 Å². The van der Waals surface area contributed by atoms with E-state index in [0.717, 1.165) is 48.2 Å². The Morgan fingerprint density at radius 3 is 2.52 bits per heavy atom. The summed E-state index contributed by atoms with van der Waals surface area (Å²) in [6.45, 7) is 16.0. The molecule has 6 nitrogen and oxygen atoms in total. The van der Waals surface area contributed by atoms with Crippen LogP contribution in [0.3, 0.4) is 0 Å². The van der Waals surface area contributed by atoms with Crippen molar-refractivity contribution < 1.29 is 8.42 Å². The van der Waals surface area contributed by atoms with E-state index in [1.165, 1.54) is 4.31 Å². The summed E-state index contributed by atoms with van der Waals surface area (Å²) in [4.78, 5) is 2.38. The molecule has 0 saturated heterocycles. The van der Waals surface area contributed by atoms with Crippen LogP contribution in [-0.2, 0) is 10.0 Å². The summed E-state index contributed by atoms with van der Waals surface area (Å²) in [5.74, 6) is 0.778. The van der Waals surface area contributed by atoms with Crippen molar-refractivity contribution >= 4 is 26.7 Å². The Labute approximate surface area is 174 Å². The van der Waals surface area contributed by atoms with Gasteiger partial charge in [0.15, 0.2) is 5.82 Å². The number of aromatic nitrogens is 2. The summed E-state index contributed by atoms with van der Waals surface area (Å²) in [6.07, 6.45) is 6.81. The van der Waals surface area contributed by atoms with Gasteiger partial charge in [-0.3, -0.25) is 5.10 Å². The predicted molar refractivity (Wildman–Crippen MR) is 122 cm³/mol. The van der Waals surface area contributed by atoms with Crippen LogP contribution in [-0.4, -0.2) is 49.1 Å². The molecule has 158 valence electrons. The van der Waals surface area contributed by atoms with Crippen LogP contribution >= 0.6 is 0 Å². The van der Waals surface area contributed by atoms with Crippen LogP contribution in [0.5, 0.6) is 0 Å². The standard InChI is InChI=1S/C22H32N4O2S/c1-6-11-15-26(17-18(8-3)12-7-2)29(27,28)19-13-14-21-20(16-19)22(24-23-21)25(9-4)10-5/h7-8,12-14,16H,2-3,6,9-11,15,17H2,1,4-5H3,(H,23,24)/b18-12+. The number of aromatic amines is 1. The molecule has 0 fully saturated rings. The molecule has 0 saturated carbocycles. The van der Waals surface area contributed by atoms with Crippen molar-refractivity contribution in [3.8, 4) is 0 Å². The molecule has 0 aliphatic rings. The molecule has 0 aliphatic carbocycles. The van der Waals surface area contributed by atoms with Crippen LogP contribution in [0.4, 0.5) is 5.82 Å². The molecule has 2 rings (SSSR count). The fourth-order valence-electron chi connectivity index (χ4n) is 3.21. The van der Waals surface area contributed by atoms with Crippen LogP contribution in [0.25, 0.3) is 10.9 Å². The van der Waals surface area contributed by atoms with E-state index in [2.05, 4.69) is 42.1 Å².